The van der Waals surface area contributed by atoms with Gasteiger partial charge in [-0.1, -0.05) is 64.6 Å². The lowest BCUT2D eigenvalue weighted by Crippen LogP contribution is -2.56. The Morgan fingerprint density at radius 3 is 2.38 bits per heavy atom. The van der Waals surface area contributed by atoms with Gasteiger partial charge in [-0.25, -0.2) is 0 Å². The number of nitrogens with one attached hydrogen (secondary N) is 3. The number of benzene rings is 2. The van der Waals surface area contributed by atoms with Gasteiger partial charge in [0.1, 0.15) is 11.9 Å². The van der Waals surface area contributed by atoms with Crippen molar-refractivity contribution >= 4 is 75.3 Å². The Labute approximate surface area is 175 Å². The number of para-hydroxylation sites is 2. The summed E-state index contributed by atoms with van der Waals surface area (Å²) in [5, 5.41) is 18.2. The van der Waals surface area contributed by atoms with Crippen molar-refractivity contribution in [3.05, 3.63) is 59.1 Å². The molecule has 1 atom stereocenters. The molecule has 2 aromatic carbocycles. The second-order valence-corrected chi connectivity index (χ2v) is 8.29. The highest BCUT2D eigenvalue weighted by Gasteiger charge is 2.35. The average Bonchev–Trinajstić information content (AvgIpc) is 2.55. The summed E-state index contributed by atoms with van der Waals surface area (Å²) < 4.78 is -1.90. The molecule has 138 valence electrons. The summed E-state index contributed by atoms with van der Waals surface area (Å²) in [5.41, 5.74) is 0.646. The van der Waals surface area contributed by atoms with Crippen molar-refractivity contribution in [2.75, 3.05) is 5.32 Å². The van der Waals surface area contributed by atoms with Gasteiger partial charge in [-0.15, -0.1) is 0 Å². The minimum Gasteiger partial charge on any atom is -0.506 e. The maximum Gasteiger partial charge on any atom is 0.253 e. The normalized spacial score (nSPS) is 12.2. The summed E-state index contributed by atoms with van der Waals surface area (Å²) in [6.45, 7) is 0. The summed E-state index contributed by atoms with van der Waals surface area (Å²) in [6.07, 6.45) is -1.15. The summed E-state index contributed by atoms with van der Waals surface area (Å²) in [6, 6.07) is 12.8. The smallest absolute Gasteiger partial charge is 0.253 e. The van der Waals surface area contributed by atoms with Gasteiger partial charge in [-0.2, -0.15) is 0 Å². The van der Waals surface area contributed by atoms with Crippen LogP contribution in [0.25, 0.3) is 0 Å². The molecular formula is C16H13Cl4N3O2S. The summed E-state index contributed by atoms with van der Waals surface area (Å²) >= 11 is 28.8. The molecule has 0 saturated carbocycles. The molecule has 0 aromatic heterocycles. The van der Waals surface area contributed by atoms with Crippen LogP contribution in [0.1, 0.15) is 10.4 Å². The van der Waals surface area contributed by atoms with Gasteiger partial charge in [0.05, 0.1) is 5.69 Å². The summed E-state index contributed by atoms with van der Waals surface area (Å²) in [5.74, 6) is -0.522. The molecule has 0 unspecified atom stereocenters. The van der Waals surface area contributed by atoms with E-state index in [-0.39, 0.29) is 16.4 Å². The predicted molar refractivity (Wildman–Crippen MR) is 110 cm³/mol. The zero-order chi connectivity index (χ0) is 19.3. The average molecular weight is 453 g/mol. The largest absolute Gasteiger partial charge is 0.506 e. The second-order valence-electron chi connectivity index (χ2n) is 5.07. The minimum atomic E-state index is -1.90. The molecule has 26 heavy (non-hydrogen) atoms. The summed E-state index contributed by atoms with van der Waals surface area (Å²) in [4.78, 5) is 12.4. The van der Waals surface area contributed by atoms with Gasteiger partial charge >= 0.3 is 0 Å². The summed E-state index contributed by atoms with van der Waals surface area (Å²) in [7, 11) is 0. The number of amides is 1. The molecule has 0 radical (unpaired) electrons. The molecule has 0 spiro atoms. The van der Waals surface area contributed by atoms with Crippen LogP contribution in [0.3, 0.4) is 0 Å². The first-order valence-electron chi connectivity index (χ1n) is 7.15. The topological polar surface area (TPSA) is 73.4 Å². The van der Waals surface area contributed by atoms with E-state index in [2.05, 4.69) is 16.0 Å². The first-order valence-corrected chi connectivity index (χ1v) is 9.07. The number of phenolic OH excluding ortho intramolecular Hbond substituents is 1. The third-order valence-corrected chi connectivity index (χ3v) is 4.23. The molecule has 0 aliphatic rings. The van der Waals surface area contributed by atoms with Crippen molar-refractivity contribution in [2.45, 2.75) is 9.96 Å². The number of hydrogen-bond donors (Lipinski definition) is 4. The number of aromatic hydroxyl groups is 1. The van der Waals surface area contributed by atoms with Gasteiger partial charge in [0.2, 0.25) is 3.79 Å². The van der Waals surface area contributed by atoms with Crippen LogP contribution in [0, 0.1) is 0 Å². The van der Waals surface area contributed by atoms with Crippen LogP contribution in [-0.4, -0.2) is 26.1 Å². The molecule has 0 heterocycles. The van der Waals surface area contributed by atoms with E-state index in [0.717, 1.165) is 0 Å². The Bertz CT molecular complexity index is 814. The second kappa shape index (κ2) is 8.97. The highest BCUT2D eigenvalue weighted by molar-refractivity contribution is 7.80. The predicted octanol–water partition coefficient (Wildman–Crippen LogP) is 4.46. The zero-order valence-corrected chi connectivity index (χ0v) is 16.8. The van der Waals surface area contributed by atoms with Crippen molar-refractivity contribution in [3.63, 3.8) is 0 Å². The minimum absolute atomic E-state index is 0.00922. The number of thiocarbonyl (C=S) groups is 1. The Morgan fingerprint density at radius 2 is 1.77 bits per heavy atom. The van der Waals surface area contributed by atoms with E-state index in [0.29, 0.717) is 10.7 Å². The van der Waals surface area contributed by atoms with Gasteiger partial charge in [0.25, 0.3) is 5.91 Å². The molecule has 10 heteroatoms. The van der Waals surface area contributed by atoms with E-state index in [9.17, 15) is 9.90 Å². The molecule has 0 aliphatic carbocycles. The van der Waals surface area contributed by atoms with E-state index in [1.54, 1.807) is 36.4 Å². The van der Waals surface area contributed by atoms with E-state index in [1.165, 1.54) is 12.1 Å². The Kier molecular flexibility index (Phi) is 7.20. The van der Waals surface area contributed by atoms with Crippen LogP contribution in [0.5, 0.6) is 5.75 Å². The number of carbonyl (C=O) groups is 1. The lowest BCUT2D eigenvalue weighted by Gasteiger charge is -2.28. The number of halogens is 4. The first-order chi connectivity index (χ1) is 12.2. The van der Waals surface area contributed by atoms with E-state index < -0.39 is 15.9 Å². The van der Waals surface area contributed by atoms with Crippen LogP contribution in [0.15, 0.2) is 48.5 Å². The van der Waals surface area contributed by atoms with Crippen molar-refractivity contribution in [3.8, 4) is 5.75 Å². The fourth-order valence-corrected chi connectivity index (χ4v) is 2.66. The molecule has 0 bridgehead atoms. The maximum absolute atomic E-state index is 12.4. The number of hydrogen-bond acceptors (Lipinski definition) is 3. The molecule has 2 rings (SSSR count). The van der Waals surface area contributed by atoms with E-state index >= 15 is 0 Å². The zero-order valence-electron chi connectivity index (χ0n) is 13.0. The fraction of sp³-hybridized carbons (Fsp3) is 0.125. The molecule has 5 nitrogen and oxygen atoms in total. The Morgan fingerprint density at radius 1 is 1.08 bits per heavy atom. The molecule has 2 aromatic rings. The quantitative estimate of drug-likeness (QED) is 0.238. The van der Waals surface area contributed by atoms with Crippen LogP contribution < -0.4 is 16.0 Å². The van der Waals surface area contributed by atoms with Crippen molar-refractivity contribution < 1.29 is 9.90 Å². The third kappa shape index (κ3) is 6.07. The van der Waals surface area contributed by atoms with Crippen LogP contribution in [-0.2, 0) is 0 Å². The Hall–Kier alpha value is -1.44. The van der Waals surface area contributed by atoms with Gasteiger partial charge in [0.15, 0.2) is 5.11 Å². The highest BCUT2D eigenvalue weighted by Crippen LogP contribution is 2.29. The number of phenols is 1. The van der Waals surface area contributed by atoms with Crippen molar-refractivity contribution in [2.24, 2.45) is 0 Å². The highest BCUT2D eigenvalue weighted by atomic mass is 35.6. The van der Waals surface area contributed by atoms with E-state index in [4.69, 9.17) is 58.6 Å². The monoisotopic (exact) mass is 451 g/mol. The number of anilines is 1. The Balaban J connectivity index is 2.09. The lowest BCUT2D eigenvalue weighted by molar-refractivity contribution is 0.0934. The van der Waals surface area contributed by atoms with Gasteiger partial charge in [-0.05, 0) is 42.5 Å². The van der Waals surface area contributed by atoms with E-state index in [1.807, 2.05) is 0 Å². The molecule has 0 aliphatic heterocycles. The third-order valence-electron chi connectivity index (χ3n) is 3.12. The molecule has 1 amide bonds. The van der Waals surface area contributed by atoms with Gasteiger partial charge < -0.3 is 21.1 Å². The molecule has 0 saturated heterocycles. The number of alkyl halides is 3. The van der Waals surface area contributed by atoms with Crippen molar-refractivity contribution in [1.29, 1.82) is 0 Å². The fourth-order valence-electron chi connectivity index (χ4n) is 1.91. The lowest BCUT2D eigenvalue weighted by atomic mass is 10.2. The number of carbonyl (C=O) groups excluding carboxylic acids is 1. The van der Waals surface area contributed by atoms with Crippen LogP contribution in [0.4, 0.5) is 5.69 Å². The van der Waals surface area contributed by atoms with Crippen LogP contribution in [0.2, 0.25) is 5.02 Å². The molecule has 4 N–H and O–H groups in total. The SMILES string of the molecule is O=C(N[C@H](NC(=S)Nc1ccccc1O)C(Cl)(Cl)Cl)c1cccc(Cl)c1. The van der Waals surface area contributed by atoms with Gasteiger partial charge in [-0.3, -0.25) is 4.79 Å². The maximum atomic E-state index is 12.4. The molecular weight excluding hydrogens is 440 g/mol. The van der Waals surface area contributed by atoms with Crippen LogP contribution >= 0.6 is 58.6 Å². The standard InChI is InChI=1S/C16H13Cl4N3O2S/c17-10-5-3-4-9(8-10)13(25)22-14(16(18,19)20)23-15(26)21-11-6-1-2-7-12(11)24/h1-8,14,24H,(H,22,25)(H2,21,23,26)/t14-/m1/s1. The molecule has 0 fully saturated rings. The van der Waals surface area contributed by atoms with Crippen molar-refractivity contribution in [1.82, 2.24) is 10.6 Å². The first kappa shape index (κ1) is 20.9. The number of rotatable bonds is 4. The van der Waals surface area contributed by atoms with Gasteiger partial charge in [0, 0.05) is 10.6 Å².